The molecule has 10 heteroatoms. The number of benzene rings is 3. The monoisotopic (exact) mass is 453 g/mol. The van der Waals surface area contributed by atoms with E-state index in [2.05, 4.69) is 10.0 Å². The number of nitro groups is 1. The largest absolute Gasteiger partial charge is 0.384 e. The zero-order valence-electron chi connectivity index (χ0n) is 16.8. The predicted molar refractivity (Wildman–Crippen MR) is 117 cm³/mol. The van der Waals surface area contributed by atoms with Crippen LogP contribution in [0.25, 0.3) is 10.8 Å². The van der Waals surface area contributed by atoms with Gasteiger partial charge in [-0.05, 0) is 54.7 Å². The Morgan fingerprint density at radius 3 is 2.78 bits per heavy atom. The van der Waals surface area contributed by atoms with Crippen LogP contribution in [0.3, 0.4) is 0 Å². The molecule has 0 bridgehead atoms. The fraction of sp³-hybridized carbons (Fsp3) is 0.227. The summed E-state index contributed by atoms with van der Waals surface area (Å²) in [6.45, 7) is -0.278. The zero-order valence-corrected chi connectivity index (χ0v) is 17.6. The van der Waals surface area contributed by atoms with E-state index in [4.69, 9.17) is 0 Å². The van der Waals surface area contributed by atoms with E-state index in [-0.39, 0.29) is 23.0 Å². The number of non-ortho nitro benzene ring substituents is 1. The second kappa shape index (κ2) is 7.09. The Hall–Kier alpha value is -3.34. The molecule has 3 N–H and O–H groups in total. The third kappa shape index (κ3) is 3.15. The number of carbonyl (C=O) groups excluding carboxylic acids is 1. The van der Waals surface area contributed by atoms with Gasteiger partial charge >= 0.3 is 0 Å². The normalized spacial score (nSPS) is 19.6. The number of sulfonamides is 1. The lowest BCUT2D eigenvalue weighted by Crippen LogP contribution is -2.43. The second-order valence-electron chi connectivity index (χ2n) is 8.10. The van der Waals surface area contributed by atoms with Crippen LogP contribution in [0, 0.1) is 10.1 Å². The first kappa shape index (κ1) is 20.6. The number of aryl methyl sites for hydroxylation is 1. The number of amides is 1. The minimum atomic E-state index is -4.03. The van der Waals surface area contributed by atoms with Gasteiger partial charge in [0.15, 0.2) is 0 Å². The molecule has 3 aromatic carbocycles. The van der Waals surface area contributed by atoms with Gasteiger partial charge in [0.1, 0.15) is 5.60 Å². The molecule has 0 spiro atoms. The molecule has 1 heterocycles. The molecular formula is C22H19N3O6S. The third-order valence-electron chi connectivity index (χ3n) is 6.18. The van der Waals surface area contributed by atoms with Crippen LogP contribution in [0.2, 0.25) is 0 Å². The molecule has 0 radical (unpaired) electrons. The van der Waals surface area contributed by atoms with Gasteiger partial charge in [0.2, 0.25) is 10.0 Å². The number of aliphatic hydroxyl groups is 1. The van der Waals surface area contributed by atoms with E-state index in [9.17, 15) is 28.4 Å². The number of nitrogens with zero attached hydrogens (tertiary/aromatic N) is 1. The van der Waals surface area contributed by atoms with Crippen LogP contribution >= 0.6 is 0 Å². The number of nitrogens with one attached hydrogen (secondary N) is 2. The van der Waals surface area contributed by atoms with Crippen molar-refractivity contribution in [2.75, 3.05) is 11.9 Å². The van der Waals surface area contributed by atoms with E-state index in [1.165, 1.54) is 24.3 Å². The molecule has 1 amide bonds. The summed E-state index contributed by atoms with van der Waals surface area (Å²) >= 11 is 0. The van der Waals surface area contributed by atoms with Crippen molar-refractivity contribution in [2.45, 2.75) is 29.8 Å². The van der Waals surface area contributed by atoms with Gasteiger partial charge in [-0.2, -0.15) is 0 Å². The van der Waals surface area contributed by atoms with Gasteiger partial charge in [0.05, 0.1) is 9.82 Å². The molecule has 0 saturated heterocycles. The van der Waals surface area contributed by atoms with Crippen molar-refractivity contribution in [3.8, 4) is 0 Å². The number of hydrogen-bond acceptors (Lipinski definition) is 6. The Balaban J connectivity index is 1.48. The first-order chi connectivity index (χ1) is 15.2. The predicted octanol–water partition coefficient (Wildman–Crippen LogP) is 2.82. The summed E-state index contributed by atoms with van der Waals surface area (Å²) in [7, 11) is -4.03. The fourth-order valence-corrected chi connectivity index (χ4v) is 5.92. The van der Waals surface area contributed by atoms with E-state index in [1.807, 2.05) is 0 Å². The maximum absolute atomic E-state index is 13.2. The molecule has 1 unspecified atom stereocenters. The standard InChI is InChI=1S/C22H19N3O6S/c26-21-16-5-1-4-15-19(9-8-18(24-21)20(15)16)32(30,31)23-12-22(27)10-2-3-13-11-14(25(28)29)6-7-17(13)22/h1,4-9,11,23,27H,2-3,10,12H2,(H,24,26). The average molecular weight is 453 g/mol. The number of rotatable bonds is 5. The third-order valence-corrected chi connectivity index (χ3v) is 7.63. The van der Waals surface area contributed by atoms with E-state index in [0.29, 0.717) is 52.4 Å². The van der Waals surface area contributed by atoms with E-state index in [0.717, 1.165) is 0 Å². The van der Waals surface area contributed by atoms with Gasteiger partial charge in [-0.1, -0.05) is 12.1 Å². The highest BCUT2D eigenvalue weighted by Gasteiger charge is 2.37. The van der Waals surface area contributed by atoms with Gasteiger partial charge in [-0.15, -0.1) is 0 Å². The van der Waals surface area contributed by atoms with E-state index < -0.39 is 20.5 Å². The summed E-state index contributed by atoms with van der Waals surface area (Å²) in [5.74, 6) is -0.282. The second-order valence-corrected chi connectivity index (χ2v) is 9.84. The van der Waals surface area contributed by atoms with Crippen LogP contribution in [0.4, 0.5) is 11.4 Å². The van der Waals surface area contributed by atoms with Crippen LogP contribution < -0.4 is 10.0 Å². The van der Waals surface area contributed by atoms with Gasteiger partial charge < -0.3 is 10.4 Å². The summed E-state index contributed by atoms with van der Waals surface area (Å²) in [6.07, 6.45) is 1.46. The molecule has 5 rings (SSSR count). The Kier molecular flexibility index (Phi) is 4.55. The summed E-state index contributed by atoms with van der Waals surface area (Å²) in [5.41, 5.74) is 0.554. The Morgan fingerprint density at radius 1 is 1.19 bits per heavy atom. The lowest BCUT2D eigenvalue weighted by molar-refractivity contribution is -0.385. The Labute approximate surface area is 183 Å². The highest BCUT2D eigenvalue weighted by Crippen LogP contribution is 2.38. The number of fused-ring (bicyclic) bond motifs is 1. The molecule has 1 atom stereocenters. The molecule has 0 saturated carbocycles. The Morgan fingerprint density at radius 2 is 2.00 bits per heavy atom. The van der Waals surface area contributed by atoms with Crippen molar-refractivity contribution in [3.63, 3.8) is 0 Å². The molecule has 9 nitrogen and oxygen atoms in total. The van der Waals surface area contributed by atoms with Gasteiger partial charge in [0.25, 0.3) is 11.6 Å². The molecule has 1 aliphatic carbocycles. The van der Waals surface area contributed by atoms with Crippen molar-refractivity contribution in [3.05, 3.63) is 75.3 Å². The minimum Gasteiger partial charge on any atom is -0.384 e. The van der Waals surface area contributed by atoms with E-state index in [1.54, 1.807) is 24.3 Å². The smallest absolute Gasteiger partial charge is 0.269 e. The highest BCUT2D eigenvalue weighted by atomic mass is 32.2. The maximum Gasteiger partial charge on any atom is 0.269 e. The lowest BCUT2D eigenvalue weighted by Gasteiger charge is -2.34. The van der Waals surface area contributed by atoms with Gasteiger partial charge in [-0.25, -0.2) is 13.1 Å². The first-order valence-electron chi connectivity index (χ1n) is 10.1. The van der Waals surface area contributed by atoms with Crippen LogP contribution in [-0.2, 0) is 22.0 Å². The van der Waals surface area contributed by atoms with Crippen molar-refractivity contribution in [1.29, 1.82) is 0 Å². The van der Waals surface area contributed by atoms with Crippen molar-refractivity contribution < 1.29 is 23.2 Å². The van der Waals surface area contributed by atoms with Crippen LogP contribution in [0.15, 0.2) is 53.4 Å². The van der Waals surface area contributed by atoms with Crippen LogP contribution in [-0.4, -0.2) is 30.9 Å². The molecule has 1 aliphatic heterocycles. The molecule has 2 aliphatic rings. The maximum atomic E-state index is 13.2. The zero-order chi connectivity index (χ0) is 22.7. The van der Waals surface area contributed by atoms with Crippen molar-refractivity contribution >= 4 is 38.1 Å². The highest BCUT2D eigenvalue weighted by molar-refractivity contribution is 7.89. The number of anilines is 1. The fourth-order valence-electron chi connectivity index (χ4n) is 4.63. The summed E-state index contributed by atoms with van der Waals surface area (Å²) < 4.78 is 28.9. The summed E-state index contributed by atoms with van der Waals surface area (Å²) in [4.78, 5) is 22.7. The molecule has 32 heavy (non-hydrogen) atoms. The molecule has 0 fully saturated rings. The SMILES string of the molecule is O=C1Nc2ccc(S(=O)(=O)NCC3(O)CCCc4cc([N+](=O)[O-])ccc43)c3cccc1c23. The van der Waals surface area contributed by atoms with Gasteiger partial charge in [0, 0.05) is 40.7 Å². The van der Waals surface area contributed by atoms with E-state index >= 15 is 0 Å². The molecule has 0 aromatic heterocycles. The number of carbonyl (C=O) groups is 1. The minimum absolute atomic E-state index is 0.0120. The van der Waals surface area contributed by atoms with Crippen molar-refractivity contribution in [2.24, 2.45) is 0 Å². The quantitative estimate of drug-likeness (QED) is 0.401. The molecular weight excluding hydrogens is 434 g/mol. The number of hydrogen-bond donors (Lipinski definition) is 3. The average Bonchev–Trinajstić information content (AvgIpc) is 3.10. The number of nitro benzene ring substituents is 1. The van der Waals surface area contributed by atoms with Crippen LogP contribution in [0.1, 0.15) is 34.3 Å². The molecule has 164 valence electrons. The van der Waals surface area contributed by atoms with Gasteiger partial charge in [-0.3, -0.25) is 14.9 Å². The van der Waals surface area contributed by atoms with Crippen LogP contribution in [0.5, 0.6) is 0 Å². The summed E-state index contributed by atoms with van der Waals surface area (Å²) in [5, 5.41) is 26.0. The Bertz CT molecular complexity index is 1420. The first-order valence-corrected chi connectivity index (χ1v) is 11.5. The van der Waals surface area contributed by atoms with Crippen molar-refractivity contribution in [1.82, 2.24) is 4.72 Å². The topological polar surface area (TPSA) is 139 Å². The lowest BCUT2D eigenvalue weighted by atomic mass is 9.79. The summed E-state index contributed by atoms with van der Waals surface area (Å²) in [6, 6.07) is 12.1. The molecule has 3 aromatic rings.